The van der Waals surface area contributed by atoms with Crippen LogP contribution in [0.15, 0.2) is 59.6 Å². The highest BCUT2D eigenvalue weighted by molar-refractivity contribution is 7.92. The quantitative estimate of drug-likeness (QED) is 0.248. The van der Waals surface area contributed by atoms with E-state index < -0.39 is 16.2 Å². The van der Waals surface area contributed by atoms with Gasteiger partial charge in [0.05, 0.1) is 16.6 Å². The Balaban J connectivity index is 1.38. The van der Waals surface area contributed by atoms with Crippen LogP contribution in [0.5, 0.6) is 0 Å². The Morgan fingerprint density at radius 2 is 1.88 bits per heavy atom. The van der Waals surface area contributed by atoms with E-state index in [-0.39, 0.29) is 27.8 Å². The molecule has 0 spiro atoms. The minimum atomic E-state index is -3.90. The van der Waals surface area contributed by atoms with E-state index in [1.165, 1.54) is 12.1 Å². The number of aryl methyl sites for hydroxylation is 2. The lowest BCUT2D eigenvalue weighted by Gasteiger charge is -2.35. The second-order valence-electron chi connectivity index (χ2n) is 10.7. The third-order valence-corrected chi connectivity index (χ3v) is 9.55. The van der Waals surface area contributed by atoms with Gasteiger partial charge in [-0.1, -0.05) is 30.7 Å². The van der Waals surface area contributed by atoms with E-state index in [1.807, 2.05) is 33.2 Å². The second kappa shape index (κ2) is 11.9. The molecule has 2 aromatic carbocycles. The van der Waals surface area contributed by atoms with Crippen LogP contribution in [-0.4, -0.2) is 60.6 Å². The van der Waals surface area contributed by atoms with Crippen molar-refractivity contribution >= 4 is 44.3 Å². The lowest BCUT2D eigenvalue weighted by atomic mass is 9.89. The van der Waals surface area contributed by atoms with Crippen LogP contribution in [0.3, 0.4) is 0 Å². The van der Waals surface area contributed by atoms with Crippen LogP contribution in [0.2, 0.25) is 5.02 Å². The highest BCUT2D eigenvalue weighted by Crippen LogP contribution is 2.32. The van der Waals surface area contributed by atoms with Crippen LogP contribution in [0, 0.1) is 6.92 Å². The van der Waals surface area contributed by atoms with Gasteiger partial charge in [0.2, 0.25) is 5.95 Å². The van der Waals surface area contributed by atoms with E-state index in [1.54, 1.807) is 24.4 Å². The summed E-state index contributed by atoms with van der Waals surface area (Å²) < 4.78 is 43.1. The number of benzene rings is 2. The minimum Gasteiger partial charge on any atom is -0.349 e. The zero-order chi connectivity index (χ0) is 29.3. The fourth-order valence-corrected chi connectivity index (χ4v) is 6.91. The average Bonchev–Trinajstić information content (AvgIpc) is 2.93. The highest BCUT2D eigenvalue weighted by Gasteiger charge is 2.32. The van der Waals surface area contributed by atoms with Gasteiger partial charge < -0.3 is 10.2 Å². The molecule has 0 saturated heterocycles. The first-order valence-electron chi connectivity index (χ1n) is 13.7. The molecular weight excluding hydrogens is 563 g/mol. The van der Waals surface area contributed by atoms with Gasteiger partial charge in [0.1, 0.15) is 16.9 Å². The number of aromatic nitrogens is 3. The molecule has 0 amide bonds. The molecule has 1 aliphatic carbocycles. The van der Waals surface area contributed by atoms with Gasteiger partial charge in [0.25, 0.3) is 10.0 Å². The maximum atomic E-state index is 14.9. The zero-order valence-corrected chi connectivity index (χ0v) is 25.1. The molecule has 1 saturated carbocycles. The summed E-state index contributed by atoms with van der Waals surface area (Å²) in [5.41, 5.74) is 4.30. The van der Waals surface area contributed by atoms with Gasteiger partial charge in [-0.2, -0.15) is 0 Å². The number of sulfonamides is 1. The largest absolute Gasteiger partial charge is 0.349 e. The van der Waals surface area contributed by atoms with Gasteiger partial charge in [-0.15, -0.1) is 0 Å². The predicted octanol–water partition coefficient (Wildman–Crippen LogP) is 6.25. The SMILES string of the molecule is CCc1cc(-c2ccc(NS(=O)(=O)c3ccccc3Cl)nc2C)cc2cnc(N[C@@H]3CCC(N(C)C)C[C@@H]3F)nc12. The normalized spacial score (nSPS) is 19.4. The van der Waals surface area contributed by atoms with Gasteiger partial charge in [-0.05, 0) is 94.2 Å². The second-order valence-corrected chi connectivity index (χ2v) is 12.7. The summed E-state index contributed by atoms with van der Waals surface area (Å²) in [7, 11) is 0.0923. The number of rotatable bonds is 8. The summed E-state index contributed by atoms with van der Waals surface area (Å²) in [5.74, 6) is 0.636. The van der Waals surface area contributed by atoms with Gasteiger partial charge in [-0.3, -0.25) is 4.72 Å². The molecule has 1 aliphatic rings. The van der Waals surface area contributed by atoms with Crippen LogP contribution in [0.1, 0.15) is 37.4 Å². The van der Waals surface area contributed by atoms with Crippen molar-refractivity contribution < 1.29 is 12.8 Å². The smallest absolute Gasteiger partial charge is 0.264 e. The number of alkyl halides is 1. The maximum Gasteiger partial charge on any atom is 0.264 e. The highest BCUT2D eigenvalue weighted by atomic mass is 35.5. The predicted molar refractivity (Wildman–Crippen MR) is 163 cm³/mol. The molecule has 0 radical (unpaired) electrons. The first-order valence-corrected chi connectivity index (χ1v) is 15.5. The third kappa shape index (κ3) is 6.29. The Morgan fingerprint density at radius 1 is 1.10 bits per heavy atom. The lowest BCUT2D eigenvalue weighted by molar-refractivity contribution is 0.139. The Bertz CT molecular complexity index is 1680. The number of hydrogen-bond acceptors (Lipinski definition) is 7. The molecule has 0 aliphatic heterocycles. The van der Waals surface area contributed by atoms with Crippen LogP contribution in [0.25, 0.3) is 22.0 Å². The standard InChI is InChI=1S/C30H34ClFN6O2S/c1-5-19-14-20(23-11-13-28(34-18(23)2)37-41(39,40)27-9-7-6-8-24(27)31)15-21-17-33-30(36-29(19)21)35-26-12-10-22(38(3)4)16-25(26)32/h6-9,11,13-15,17,22,25-26H,5,10,12,16H2,1-4H3,(H,34,37)(H,33,35,36)/t22?,25-,26+/m0/s1. The number of nitrogens with one attached hydrogen (secondary N) is 2. The molecule has 216 valence electrons. The van der Waals surface area contributed by atoms with Gasteiger partial charge in [0, 0.05) is 28.9 Å². The topological polar surface area (TPSA) is 100 Å². The molecule has 1 unspecified atom stereocenters. The Morgan fingerprint density at radius 3 is 2.56 bits per heavy atom. The van der Waals surface area contributed by atoms with Gasteiger partial charge in [0.15, 0.2) is 0 Å². The van der Waals surface area contributed by atoms with Gasteiger partial charge >= 0.3 is 0 Å². The Kier molecular flexibility index (Phi) is 8.45. The van der Waals surface area contributed by atoms with E-state index in [0.29, 0.717) is 18.1 Å². The summed E-state index contributed by atoms with van der Waals surface area (Å²) in [6.45, 7) is 3.89. The molecule has 1 fully saturated rings. The number of halogens is 2. The molecule has 2 N–H and O–H groups in total. The summed E-state index contributed by atoms with van der Waals surface area (Å²) in [4.78, 5) is 15.9. The fraction of sp³-hybridized carbons (Fsp3) is 0.367. The summed E-state index contributed by atoms with van der Waals surface area (Å²) >= 11 is 6.10. The Labute approximate surface area is 245 Å². The molecule has 11 heteroatoms. The van der Waals surface area contributed by atoms with Crippen molar-refractivity contribution in [3.8, 4) is 11.1 Å². The zero-order valence-electron chi connectivity index (χ0n) is 23.5. The van der Waals surface area contributed by atoms with Gasteiger partial charge in [-0.25, -0.2) is 27.8 Å². The fourth-order valence-electron chi connectivity index (χ4n) is 5.38. The van der Waals surface area contributed by atoms with E-state index in [9.17, 15) is 12.8 Å². The monoisotopic (exact) mass is 596 g/mol. The van der Waals surface area contributed by atoms with E-state index in [0.717, 1.165) is 46.9 Å². The number of anilines is 2. The van der Waals surface area contributed by atoms with Crippen LogP contribution in [0.4, 0.5) is 16.2 Å². The van der Waals surface area contributed by atoms with Crippen molar-refractivity contribution in [3.05, 3.63) is 71.0 Å². The number of hydrogen-bond donors (Lipinski definition) is 2. The number of pyridine rings is 1. The molecule has 5 rings (SSSR count). The van der Waals surface area contributed by atoms with Crippen LogP contribution in [-0.2, 0) is 16.4 Å². The molecule has 8 nitrogen and oxygen atoms in total. The molecule has 2 aromatic heterocycles. The summed E-state index contributed by atoms with van der Waals surface area (Å²) in [6, 6.07) is 13.7. The van der Waals surface area contributed by atoms with Crippen molar-refractivity contribution in [2.24, 2.45) is 0 Å². The summed E-state index contributed by atoms with van der Waals surface area (Å²) in [6.07, 6.45) is 3.69. The average molecular weight is 597 g/mol. The van der Waals surface area contributed by atoms with Crippen molar-refractivity contribution in [2.45, 2.75) is 62.7 Å². The van der Waals surface area contributed by atoms with Crippen molar-refractivity contribution in [1.29, 1.82) is 0 Å². The molecule has 3 atom stereocenters. The van der Waals surface area contributed by atoms with E-state index >= 15 is 0 Å². The van der Waals surface area contributed by atoms with Crippen LogP contribution < -0.4 is 10.0 Å². The van der Waals surface area contributed by atoms with Crippen LogP contribution >= 0.6 is 11.6 Å². The number of nitrogens with zero attached hydrogens (tertiary/aromatic N) is 4. The molecule has 4 aromatic rings. The van der Waals surface area contributed by atoms with Crippen molar-refractivity contribution in [3.63, 3.8) is 0 Å². The van der Waals surface area contributed by atoms with Crippen molar-refractivity contribution in [1.82, 2.24) is 19.9 Å². The molecule has 0 bridgehead atoms. The first-order chi connectivity index (χ1) is 19.6. The molecular formula is C30H34ClFN6O2S. The minimum absolute atomic E-state index is 0.00977. The third-order valence-electron chi connectivity index (χ3n) is 7.69. The van der Waals surface area contributed by atoms with Crippen molar-refractivity contribution in [2.75, 3.05) is 24.1 Å². The molecule has 41 heavy (non-hydrogen) atoms. The Hall–Kier alpha value is -3.34. The lowest BCUT2D eigenvalue weighted by Crippen LogP contribution is -2.43. The van der Waals surface area contributed by atoms with E-state index in [2.05, 4.69) is 37.9 Å². The number of fused-ring (bicyclic) bond motifs is 1. The molecule has 2 heterocycles. The van der Waals surface area contributed by atoms with E-state index in [4.69, 9.17) is 16.6 Å². The first kappa shape index (κ1) is 29.2. The summed E-state index contributed by atoms with van der Waals surface area (Å²) in [5, 5.41) is 4.24. The maximum absolute atomic E-state index is 14.9.